The summed E-state index contributed by atoms with van der Waals surface area (Å²) in [6, 6.07) is 21.1. The van der Waals surface area contributed by atoms with E-state index in [1.54, 1.807) is 41.3 Å². The summed E-state index contributed by atoms with van der Waals surface area (Å²) in [7, 11) is -3.58. The normalized spacial score (nSPS) is 12.5. The smallest absolute Gasteiger partial charge is 0.243 e. The molecule has 0 aliphatic heterocycles. The number of benzene rings is 3. The van der Waals surface area contributed by atoms with Gasteiger partial charge in [-0.1, -0.05) is 71.7 Å². The highest BCUT2D eigenvalue weighted by Gasteiger charge is 2.32. The molecule has 0 heterocycles. The molecule has 0 fully saturated rings. The molecule has 2 amide bonds. The molecule has 7 nitrogen and oxygen atoms in total. The van der Waals surface area contributed by atoms with Crippen molar-refractivity contribution in [2.45, 2.75) is 65.1 Å². The van der Waals surface area contributed by atoms with E-state index in [-0.39, 0.29) is 37.7 Å². The van der Waals surface area contributed by atoms with Crippen LogP contribution >= 0.6 is 23.2 Å². The van der Waals surface area contributed by atoms with Crippen LogP contribution in [-0.4, -0.2) is 49.5 Å². The van der Waals surface area contributed by atoms with Gasteiger partial charge >= 0.3 is 0 Å². The maximum atomic E-state index is 13.9. The first-order chi connectivity index (χ1) is 19.6. The quantitative estimate of drug-likeness (QED) is 0.250. The fourth-order valence-corrected chi connectivity index (χ4v) is 5.91. The number of aryl methyl sites for hydroxylation is 1. The Balaban J connectivity index is 1.93. The SMILES string of the molecule is Cc1cccc(N(CCCC(=O)N(Cc2ccc(Cl)c(Cl)c2)C(Cc2ccccc2)C(=O)NC(C)(C)C)S(C)(=O)=O)c1. The zero-order valence-electron chi connectivity index (χ0n) is 24.7. The molecule has 3 rings (SSSR count). The van der Waals surface area contributed by atoms with Gasteiger partial charge in [0, 0.05) is 31.5 Å². The van der Waals surface area contributed by atoms with Gasteiger partial charge in [-0.3, -0.25) is 13.9 Å². The number of carbonyl (C=O) groups excluding carboxylic acids is 2. The Morgan fingerprint density at radius 3 is 2.19 bits per heavy atom. The van der Waals surface area contributed by atoms with Gasteiger partial charge in [0.1, 0.15) is 6.04 Å². The molecule has 0 saturated heterocycles. The minimum Gasteiger partial charge on any atom is -0.350 e. The second-order valence-electron chi connectivity index (χ2n) is 11.5. The van der Waals surface area contributed by atoms with E-state index in [9.17, 15) is 18.0 Å². The van der Waals surface area contributed by atoms with Crippen molar-refractivity contribution in [3.8, 4) is 0 Å². The highest BCUT2D eigenvalue weighted by atomic mass is 35.5. The van der Waals surface area contributed by atoms with Crippen molar-refractivity contribution in [3.05, 3.63) is 99.5 Å². The predicted octanol–water partition coefficient (Wildman–Crippen LogP) is 6.40. The maximum absolute atomic E-state index is 13.9. The molecule has 3 aromatic carbocycles. The standard InChI is InChI=1S/C32H39Cl2N3O4S/c1-23-11-9-14-26(19-23)37(42(5,40)41)18-10-15-30(38)36(22-25-16-17-27(33)28(34)20-25)29(31(39)35-32(2,3)4)21-24-12-7-6-8-13-24/h6-9,11-14,16-17,19-20,29H,10,15,18,21-22H2,1-5H3,(H,35,39). The second kappa shape index (κ2) is 14.4. The summed E-state index contributed by atoms with van der Waals surface area (Å²) in [5.41, 5.74) is 2.58. The van der Waals surface area contributed by atoms with E-state index >= 15 is 0 Å². The number of halogens is 2. The van der Waals surface area contributed by atoms with Crippen molar-refractivity contribution in [1.29, 1.82) is 0 Å². The molecule has 0 aliphatic rings. The van der Waals surface area contributed by atoms with Crippen LogP contribution < -0.4 is 9.62 Å². The zero-order valence-corrected chi connectivity index (χ0v) is 27.1. The van der Waals surface area contributed by atoms with Gasteiger partial charge in [0.15, 0.2) is 0 Å². The molecular formula is C32H39Cl2N3O4S. The fourth-order valence-electron chi connectivity index (χ4n) is 4.63. The molecule has 42 heavy (non-hydrogen) atoms. The Kier molecular flexibility index (Phi) is 11.5. The Hall–Kier alpha value is -3.07. The lowest BCUT2D eigenvalue weighted by Gasteiger charge is -2.34. The van der Waals surface area contributed by atoms with E-state index in [4.69, 9.17) is 23.2 Å². The van der Waals surface area contributed by atoms with Gasteiger partial charge < -0.3 is 10.2 Å². The molecule has 0 saturated carbocycles. The number of hydrogen-bond acceptors (Lipinski definition) is 4. The van der Waals surface area contributed by atoms with Crippen LogP contribution in [0.5, 0.6) is 0 Å². The summed E-state index contributed by atoms with van der Waals surface area (Å²) in [5, 5.41) is 3.77. The minimum atomic E-state index is -3.58. The Morgan fingerprint density at radius 1 is 0.905 bits per heavy atom. The van der Waals surface area contributed by atoms with Crippen LogP contribution in [0.2, 0.25) is 10.0 Å². The summed E-state index contributed by atoms with van der Waals surface area (Å²) in [6.07, 6.45) is 1.75. The van der Waals surface area contributed by atoms with Gasteiger partial charge in [-0.2, -0.15) is 0 Å². The largest absolute Gasteiger partial charge is 0.350 e. The number of rotatable bonds is 12. The average molecular weight is 633 g/mol. The van der Waals surface area contributed by atoms with Crippen LogP contribution in [0.3, 0.4) is 0 Å². The van der Waals surface area contributed by atoms with E-state index in [1.807, 2.05) is 64.1 Å². The van der Waals surface area contributed by atoms with E-state index < -0.39 is 21.6 Å². The Labute approximate surface area is 259 Å². The van der Waals surface area contributed by atoms with Gasteiger partial charge in [0.2, 0.25) is 21.8 Å². The molecule has 0 spiro atoms. The lowest BCUT2D eigenvalue weighted by Crippen LogP contribution is -2.54. The number of anilines is 1. The molecule has 1 N–H and O–H groups in total. The molecule has 3 aromatic rings. The number of hydrogen-bond donors (Lipinski definition) is 1. The molecule has 0 aromatic heterocycles. The highest BCUT2D eigenvalue weighted by molar-refractivity contribution is 7.92. The van der Waals surface area contributed by atoms with Crippen LogP contribution in [0, 0.1) is 6.92 Å². The third-order valence-corrected chi connectivity index (χ3v) is 8.48. The molecule has 10 heteroatoms. The zero-order chi connectivity index (χ0) is 31.1. The molecule has 0 radical (unpaired) electrons. The third-order valence-electron chi connectivity index (χ3n) is 6.55. The van der Waals surface area contributed by atoms with E-state index in [2.05, 4.69) is 5.32 Å². The minimum absolute atomic E-state index is 0.0350. The van der Waals surface area contributed by atoms with Gasteiger partial charge in [0.25, 0.3) is 0 Å². The van der Waals surface area contributed by atoms with Crippen LogP contribution in [0.25, 0.3) is 0 Å². The first-order valence-corrected chi connectivity index (χ1v) is 16.4. The lowest BCUT2D eigenvalue weighted by atomic mass is 10.00. The maximum Gasteiger partial charge on any atom is 0.243 e. The molecule has 1 unspecified atom stereocenters. The van der Waals surface area contributed by atoms with Crippen LogP contribution in [0.1, 0.15) is 50.3 Å². The van der Waals surface area contributed by atoms with Crippen molar-refractivity contribution >= 4 is 50.7 Å². The van der Waals surface area contributed by atoms with Gasteiger partial charge in [-0.15, -0.1) is 0 Å². The fraction of sp³-hybridized carbons (Fsp3) is 0.375. The predicted molar refractivity (Wildman–Crippen MR) is 171 cm³/mol. The first-order valence-electron chi connectivity index (χ1n) is 13.8. The van der Waals surface area contributed by atoms with Crippen LogP contribution in [0.15, 0.2) is 72.8 Å². The summed E-state index contributed by atoms with van der Waals surface area (Å²) in [6.45, 7) is 7.80. The van der Waals surface area contributed by atoms with Gasteiger partial charge in [-0.25, -0.2) is 8.42 Å². The van der Waals surface area contributed by atoms with Gasteiger partial charge in [-0.05, 0) is 75.1 Å². The Bertz CT molecular complexity index is 1490. The first kappa shape index (κ1) is 33.4. The van der Waals surface area contributed by atoms with Crippen molar-refractivity contribution in [1.82, 2.24) is 10.2 Å². The van der Waals surface area contributed by atoms with Crippen LogP contribution in [0.4, 0.5) is 5.69 Å². The van der Waals surface area contributed by atoms with E-state index in [0.717, 1.165) is 22.9 Å². The number of sulfonamides is 1. The molecule has 0 bridgehead atoms. The van der Waals surface area contributed by atoms with Gasteiger partial charge in [0.05, 0.1) is 22.0 Å². The topological polar surface area (TPSA) is 86.8 Å². The Morgan fingerprint density at radius 2 is 1.60 bits per heavy atom. The number of carbonyl (C=O) groups is 2. The van der Waals surface area contributed by atoms with Crippen LogP contribution in [-0.2, 0) is 32.6 Å². The van der Waals surface area contributed by atoms with E-state index in [1.165, 1.54) is 4.31 Å². The molecule has 226 valence electrons. The van der Waals surface area contributed by atoms with Crippen molar-refractivity contribution < 1.29 is 18.0 Å². The molecule has 0 aliphatic carbocycles. The summed E-state index contributed by atoms with van der Waals surface area (Å²) in [4.78, 5) is 29.2. The molecule has 1 atom stereocenters. The monoisotopic (exact) mass is 631 g/mol. The average Bonchev–Trinajstić information content (AvgIpc) is 2.89. The third kappa shape index (κ3) is 10.0. The van der Waals surface area contributed by atoms with Crippen molar-refractivity contribution in [3.63, 3.8) is 0 Å². The van der Waals surface area contributed by atoms with E-state index in [0.29, 0.717) is 22.2 Å². The van der Waals surface area contributed by atoms with Crippen molar-refractivity contribution in [2.24, 2.45) is 0 Å². The second-order valence-corrected chi connectivity index (χ2v) is 14.2. The summed E-state index contributed by atoms with van der Waals surface area (Å²) < 4.78 is 26.6. The number of nitrogens with one attached hydrogen (secondary N) is 1. The summed E-state index contributed by atoms with van der Waals surface area (Å²) in [5.74, 6) is -0.555. The lowest BCUT2D eigenvalue weighted by molar-refractivity contribution is -0.142. The summed E-state index contributed by atoms with van der Waals surface area (Å²) >= 11 is 12.4. The van der Waals surface area contributed by atoms with Crippen molar-refractivity contribution in [2.75, 3.05) is 17.1 Å². The number of nitrogens with zero attached hydrogens (tertiary/aromatic N) is 2. The highest BCUT2D eigenvalue weighted by Crippen LogP contribution is 2.25. The molecular weight excluding hydrogens is 593 g/mol. The number of amides is 2.